The van der Waals surface area contributed by atoms with Crippen LogP contribution in [0.4, 0.5) is 10.2 Å². The van der Waals surface area contributed by atoms with Crippen LogP contribution in [-0.4, -0.2) is 61.3 Å². The van der Waals surface area contributed by atoms with Crippen LogP contribution < -0.4 is 9.64 Å². The summed E-state index contributed by atoms with van der Waals surface area (Å²) in [4.78, 5) is 15.6. The van der Waals surface area contributed by atoms with Crippen molar-refractivity contribution in [2.24, 2.45) is 4.99 Å². The molecule has 4 rings (SSSR count). The molecule has 8 heteroatoms. The van der Waals surface area contributed by atoms with Gasteiger partial charge >= 0.3 is 0 Å². The van der Waals surface area contributed by atoms with Crippen LogP contribution in [-0.2, 0) is 16.0 Å². The van der Waals surface area contributed by atoms with Gasteiger partial charge in [0.25, 0.3) is 0 Å². The average Bonchev–Trinajstić information content (AvgIpc) is 3.11. The maximum Gasteiger partial charge on any atom is 0.165 e. The van der Waals surface area contributed by atoms with Gasteiger partial charge in [-0.1, -0.05) is 0 Å². The van der Waals surface area contributed by atoms with Gasteiger partial charge in [-0.05, 0) is 31.5 Å². The lowest BCUT2D eigenvalue weighted by atomic mass is 10.0. The molecule has 0 aliphatic carbocycles. The highest BCUT2D eigenvalue weighted by atomic mass is 19.1. The number of morpholine rings is 1. The van der Waals surface area contributed by atoms with Crippen molar-refractivity contribution in [3.63, 3.8) is 0 Å². The van der Waals surface area contributed by atoms with Crippen molar-refractivity contribution >= 4 is 11.5 Å². The second kappa shape index (κ2) is 8.42. The first-order chi connectivity index (χ1) is 14.0. The molecule has 2 aliphatic heterocycles. The number of methoxy groups -OCH3 is 1. The molecule has 1 aromatic heterocycles. The molecule has 0 saturated carbocycles. The molecule has 0 N–H and O–H groups in total. The Hall–Kier alpha value is -2.58. The third-order valence-electron chi connectivity index (χ3n) is 4.89. The van der Waals surface area contributed by atoms with Crippen molar-refractivity contribution in [3.05, 3.63) is 47.2 Å². The van der Waals surface area contributed by atoms with E-state index < -0.39 is 0 Å². The van der Waals surface area contributed by atoms with Gasteiger partial charge < -0.3 is 19.1 Å². The van der Waals surface area contributed by atoms with Crippen molar-refractivity contribution in [2.75, 3.05) is 38.3 Å². The van der Waals surface area contributed by atoms with E-state index in [-0.39, 0.29) is 23.8 Å². The lowest BCUT2D eigenvalue weighted by Crippen LogP contribution is -2.44. The Balaban J connectivity index is 1.60. The summed E-state index contributed by atoms with van der Waals surface area (Å²) in [5.41, 5.74) is 3.14. The summed E-state index contributed by atoms with van der Waals surface area (Å²) < 4.78 is 30.9. The number of aromatic nitrogens is 2. The fourth-order valence-corrected chi connectivity index (χ4v) is 3.62. The van der Waals surface area contributed by atoms with Gasteiger partial charge in [-0.2, -0.15) is 0 Å². The maximum absolute atomic E-state index is 14.3. The summed E-state index contributed by atoms with van der Waals surface area (Å²) >= 11 is 0. The minimum Gasteiger partial charge on any atom is -0.488 e. The molecule has 2 aliphatic rings. The van der Waals surface area contributed by atoms with E-state index in [2.05, 4.69) is 19.9 Å². The largest absolute Gasteiger partial charge is 0.488 e. The third kappa shape index (κ3) is 4.23. The molecule has 1 saturated heterocycles. The van der Waals surface area contributed by atoms with Crippen LogP contribution in [0.25, 0.3) is 0 Å². The maximum atomic E-state index is 14.3. The van der Waals surface area contributed by atoms with Gasteiger partial charge in [0.15, 0.2) is 11.6 Å². The molecule has 1 atom stereocenters. The van der Waals surface area contributed by atoms with E-state index in [4.69, 9.17) is 14.2 Å². The minimum atomic E-state index is -0.366. The van der Waals surface area contributed by atoms with Crippen LogP contribution in [0.5, 0.6) is 5.75 Å². The van der Waals surface area contributed by atoms with Crippen LogP contribution in [0.1, 0.15) is 30.7 Å². The predicted octanol–water partition coefficient (Wildman–Crippen LogP) is 2.61. The number of nitrogens with zero attached hydrogens (tertiary/aromatic N) is 4. The Morgan fingerprint density at radius 3 is 2.93 bits per heavy atom. The first-order valence-corrected chi connectivity index (χ1v) is 9.77. The zero-order valence-corrected chi connectivity index (χ0v) is 16.9. The molecule has 0 spiro atoms. The Morgan fingerprint density at radius 1 is 1.28 bits per heavy atom. The second-order valence-electron chi connectivity index (χ2n) is 7.43. The molecule has 2 aromatic rings. The van der Waals surface area contributed by atoms with Gasteiger partial charge in [-0.15, -0.1) is 0 Å². The highest BCUT2D eigenvalue weighted by Gasteiger charge is 2.25. The first kappa shape index (κ1) is 19.7. The van der Waals surface area contributed by atoms with Gasteiger partial charge in [-0.25, -0.2) is 14.4 Å². The van der Waals surface area contributed by atoms with E-state index in [1.165, 1.54) is 6.07 Å². The lowest BCUT2D eigenvalue weighted by Gasteiger charge is -2.33. The van der Waals surface area contributed by atoms with Crippen LogP contribution >= 0.6 is 0 Å². The van der Waals surface area contributed by atoms with Crippen LogP contribution in [0.2, 0.25) is 0 Å². The number of halogens is 1. The lowest BCUT2D eigenvalue weighted by molar-refractivity contribution is -0.0102. The highest BCUT2D eigenvalue weighted by molar-refractivity contribution is 6.14. The van der Waals surface area contributed by atoms with E-state index >= 15 is 0 Å². The zero-order chi connectivity index (χ0) is 20.4. The number of hydrogen-bond acceptors (Lipinski definition) is 7. The van der Waals surface area contributed by atoms with Crippen LogP contribution in [0.15, 0.2) is 29.5 Å². The van der Waals surface area contributed by atoms with Crippen molar-refractivity contribution in [2.45, 2.75) is 32.6 Å². The molecule has 0 bridgehead atoms. The van der Waals surface area contributed by atoms with E-state index in [1.54, 1.807) is 19.5 Å². The quantitative estimate of drug-likeness (QED) is 0.743. The Bertz CT molecular complexity index is 917. The van der Waals surface area contributed by atoms with Gasteiger partial charge in [0, 0.05) is 31.8 Å². The number of aliphatic imine (C=N–C) groups is 1. The molecule has 1 aromatic carbocycles. The monoisotopic (exact) mass is 400 g/mol. The van der Waals surface area contributed by atoms with Crippen molar-refractivity contribution in [3.8, 4) is 5.75 Å². The standard InChI is InChI=1S/C21H25FN4O3/c1-13(2)29-19-7-16-14(6-17(19)22)9-23-21(16)18-8-20(25-12-24-18)26-4-5-28-15(10-26)11-27-3/h6-8,12-13,15H,4-5,9-11H2,1-3H3. The molecular formula is C21H25FN4O3. The van der Waals surface area contributed by atoms with E-state index in [9.17, 15) is 4.39 Å². The van der Waals surface area contributed by atoms with Gasteiger partial charge in [-0.3, -0.25) is 4.99 Å². The topological polar surface area (TPSA) is 69.1 Å². The summed E-state index contributed by atoms with van der Waals surface area (Å²) in [7, 11) is 1.67. The number of fused-ring (bicyclic) bond motifs is 1. The molecule has 7 nitrogen and oxygen atoms in total. The van der Waals surface area contributed by atoms with Crippen LogP contribution in [0, 0.1) is 5.82 Å². The SMILES string of the molecule is COCC1CN(c2cc(C3=NCc4cc(F)c(OC(C)C)cc43)ncn2)CCO1. The fourth-order valence-electron chi connectivity index (χ4n) is 3.62. The molecule has 1 unspecified atom stereocenters. The van der Waals surface area contributed by atoms with Crippen molar-refractivity contribution < 1.29 is 18.6 Å². The summed E-state index contributed by atoms with van der Waals surface area (Å²) in [6.07, 6.45) is 1.44. The van der Waals surface area contributed by atoms with Gasteiger partial charge in [0.1, 0.15) is 12.1 Å². The molecule has 3 heterocycles. The van der Waals surface area contributed by atoms with Crippen molar-refractivity contribution in [1.29, 1.82) is 0 Å². The molecule has 1 fully saturated rings. The van der Waals surface area contributed by atoms with E-state index in [0.29, 0.717) is 32.0 Å². The molecule has 0 amide bonds. The number of ether oxygens (including phenoxy) is 3. The number of benzene rings is 1. The van der Waals surface area contributed by atoms with Crippen molar-refractivity contribution in [1.82, 2.24) is 9.97 Å². The third-order valence-corrected chi connectivity index (χ3v) is 4.89. The summed E-state index contributed by atoms with van der Waals surface area (Å²) in [6.45, 7) is 6.78. The predicted molar refractivity (Wildman–Crippen MR) is 107 cm³/mol. The summed E-state index contributed by atoms with van der Waals surface area (Å²) in [5.74, 6) is 0.685. The van der Waals surface area contributed by atoms with E-state index in [0.717, 1.165) is 29.2 Å². The highest BCUT2D eigenvalue weighted by Crippen LogP contribution is 2.30. The number of anilines is 1. The number of rotatable bonds is 6. The molecule has 29 heavy (non-hydrogen) atoms. The Kier molecular flexibility index (Phi) is 5.73. The number of hydrogen-bond donors (Lipinski definition) is 0. The normalized spacial score (nSPS) is 18.7. The Morgan fingerprint density at radius 2 is 2.14 bits per heavy atom. The zero-order valence-electron chi connectivity index (χ0n) is 16.9. The summed E-state index contributed by atoms with van der Waals surface area (Å²) in [6, 6.07) is 5.15. The summed E-state index contributed by atoms with van der Waals surface area (Å²) in [5, 5.41) is 0. The molecular weight excluding hydrogens is 375 g/mol. The van der Waals surface area contributed by atoms with E-state index in [1.807, 2.05) is 19.9 Å². The fraction of sp³-hybridized carbons (Fsp3) is 0.476. The van der Waals surface area contributed by atoms with Gasteiger partial charge in [0.05, 0.1) is 43.4 Å². The van der Waals surface area contributed by atoms with Gasteiger partial charge in [0.2, 0.25) is 0 Å². The average molecular weight is 400 g/mol. The van der Waals surface area contributed by atoms with Crippen LogP contribution in [0.3, 0.4) is 0 Å². The minimum absolute atomic E-state index is 0.00966. The second-order valence-corrected chi connectivity index (χ2v) is 7.43. The first-order valence-electron chi connectivity index (χ1n) is 9.77. The molecule has 154 valence electrons. The molecule has 0 radical (unpaired) electrons. The smallest absolute Gasteiger partial charge is 0.165 e. The Labute approximate surface area is 169 Å².